The Morgan fingerprint density at radius 1 is 1.45 bits per heavy atom. The Bertz CT molecular complexity index is 472. The SMILES string of the molecule is COCCNC(=O)C(C)N1C(=O)NC(=O)C2(CC2)C1=O. The molecule has 1 heterocycles. The molecule has 5 amide bonds. The van der Waals surface area contributed by atoms with E-state index in [1.54, 1.807) is 0 Å². The van der Waals surface area contributed by atoms with E-state index in [1.807, 2.05) is 0 Å². The second kappa shape index (κ2) is 5.20. The van der Waals surface area contributed by atoms with Crippen LogP contribution in [0.15, 0.2) is 0 Å². The molecule has 110 valence electrons. The molecule has 1 aliphatic carbocycles. The molecule has 0 bridgehead atoms. The van der Waals surface area contributed by atoms with E-state index < -0.39 is 35.2 Å². The molecule has 0 aromatic heterocycles. The van der Waals surface area contributed by atoms with E-state index in [1.165, 1.54) is 14.0 Å². The summed E-state index contributed by atoms with van der Waals surface area (Å²) in [6.45, 7) is 2.07. The fraction of sp³-hybridized carbons (Fsp3) is 0.667. The Kier molecular flexibility index (Phi) is 3.76. The maximum atomic E-state index is 12.2. The van der Waals surface area contributed by atoms with Crippen LogP contribution in [-0.4, -0.2) is 55.0 Å². The van der Waals surface area contributed by atoms with Gasteiger partial charge < -0.3 is 10.1 Å². The number of carbonyl (C=O) groups excluding carboxylic acids is 4. The van der Waals surface area contributed by atoms with Gasteiger partial charge >= 0.3 is 6.03 Å². The van der Waals surface area contributed by atoms with Crippen molar-refractivity contribution in [3.8, 4) is 0 Å². The smallest absolute Gasteiger partial charge is 0.331 e. The van der Waals surface area contributed by atoms with Crippen molar-refractivity contribution in [1.29, 1.82) is 0 Å². The van der Waals surface area contributed by atoms with Crippen LogP contribution in [0, 0.1) is 5.41 Å². The lowest BCUT2D eigenvalue weighted by Gasteiger charge is -2.33. The predicted molar refractivity (Wildman–Crippen MR) is 66.4 cm³/mol. The van der Waals surface area contributed by atoms with Crippen LogP contribution in [0.4, 0.5) is 4.79 Å². The van der Waals surface area contributed by atoms with Crippen LogP contribution in [0.25, 0.3) is 0 Å². The number of amides is 5. The van der Waals surface area contributed by atoms with E-state index in [9.17, 15) is 19.2 Å². The summed E-state index contributed by atoms with van der Waals surface area (Å²) in [4.78, 5) is 48.4. The van der Waals surface area contributed by atoms with Gasteiger partial charge in [0.25, 0.3) is 0 Å². The van der Waals surface area contributed by atoms with E-state index in [0.29, 0.717) is 19.4 Å². The van der Waals surface area contributed by atoms with Gasteiger partial charge in [-0.1, -0.05) is 0 Å². The summed E-state index contributed by atoms with van der Waals surface area (Å²) in [6.07, 6.45) is 0.832. The van der Waals surface area contributed by atoms with Gasteiger partial charge in [-0.3, -0.25) is 24.6 Å². The van der Waals surface area contributed by atoms with E-state index in [0.717, 1.165) is 4.90 Å². The number of methoxy groups -OCH3 is 1. The second-order valence-corrected chi connectivity index (χ2v) is 4.98. The van der Waals surface area contributed by atoms with Gasteiger partial charge in [-0.2, -0.15) is 0 Å². The maximum Gasteiger partial charge on any atom is 0.331 e. The standard InChI is InChI=1S/C12H17N3O5/c1-7(8(16)13-5-6-20-2)15-10(18)12(3-4-12)9(17)14-11(15)19/h7H,3-6H2,1-2H3,(H,13,16)(H,14,17,19). The lowest BCUT2D eigenvalue weighted by Crippen LogP contribution is -2.63. The Morgan fingerprint density at radius 3 is 2.65 bits per heavy atom. The lowest BCUT2D eigenvalue weighted by atomic mass is 10.0. The summed E-state index contributed by atoms with van der Waals surface area (Å²) < 4.78 is 4.80. The molecule has 2 aliphatic rings. The van der Waals surface area contributed by atoms with Crippen molar-refractivity contribution in [2.75, 3.05) is 20.3 Å². The highest BCUT2D eigenvalue weighted by molar-refractivity contribution is 6.21. The predicted octanol–water partition coefficient (Wildman–Crippen LogP) is -1.00. The zero-order valence-electron chi connectivity index (χ0n) is 11.4. The van der Waals surface area contributed by atoms with Crippen LogP contribution in [0.3, 0.4) is 0 Å². The van der Waals surface area contributed by atoms with E-state index in [-0.39, 0.29) is 6.54 Å². The van der Waals surface area contributed by atoms with Crippen LogP contribution in [0.1, 0.15) is 19.8 Å². The summed E-state index contributed by atoms with van der Waals surface area (Å²) in [7, 11) is 1.50. The van der Waals surface area contributed by atoms with Gasteiger partial charge in [0.2, 0.25) is 17.7 Å². The monoisotopic (exact) mass is 283 g/mol. The zero-order valence-corrected chi connectivity index (χ0v) is 11.4. The molecule has 2 fully saturated rings. The molecule has 1 atom stereocenters. The summed E-state index contributed by atoms with van der Waals surface area (Å²) in [5, 5.41) is 4.70. The molecule has 20 heavy (non-hydrogen) atoms. The summed E-state index contributed by atoms with van der Waals surface area (Å²) in [5.41, 5.74) is -1.13. The number of hydrogen-bond donors (Lipinski definition) is 2. The Hall–Kier alpha value is -1.96. The van der Waals surface area contributed by atoms with Crippen molar-refractivity contribution in [3.05, 3.63) is 0 Å². The quantitative estimate of drug-likeness (QED) is 0.497. The topological polar surface area (TPSA) is 105 Å². The van der Waals surface area contributed by atoms with Crippen LogP contribution in [0.2, 0.25) is 0 Å². The first-order valence-corrected chi connectivity index (χ1v) is 6.40. The number of ether oxygens (including phenoxy) is 1. The number of barbiturate groups is 1. The molecular weight excluding hydrogens is 266 g/mol. The molecule has 0 radical (unpaired) electrons. The minimum Gasteiger partial charge on any atom is -0.383 e. The van der Waals surface area contributed by atoms with E-state index in [2.05, 4.69) is 10.6 Å². The van der Waals surface area contributed by atoms with E-state index in [4.69, 9.17) is 4.74 Å². The van der Waals surface area contributed by atoms with Crippen molar-refractivity contribution in [2.24, 2.45) is 5.41 Å². The Labute approximate surface area is 115 Å². The first-order valence-electron chi connectivity index (χ1n) is 6.40. The third-order valence-corrected chi connectivity index (χ3v) is 3.62. The highest BCUT2D eigenvalue weighted by atomic mass is 16.5. The fourth-order valence-corrected chi connectivity index (χ4v) is 2.16. The normalized spacial score (nSPS) is 21.7. The first kappa shape index (κ1) is 14.4. The zero-order chi connectivity index (χ0) is 14.9. The van der Waals surface area contributed by atoms with Crippen molar-refractivity contribution in [3.63, 3.8) is 0 Å². The van der Waals surface area contributed by atoms with Gasteiger partial charge in [-0.15, -0.1) is 0 Å². The minimum absolute atomic E-state index is 0.285. The Morgan fingerprint density at radius 2 is 2.10 bits per heavy atom. The van der Waals surface area contributed by atoms with Gasteiger partial charge in [-0.25, -0.2) is 4.79 Å². The third-order valence-electron chi connectivity index (χ3n) is 3.62. The average Bonchev–Trinajstić information content (AvgIpc) is 3.18. The highest BCUT2D eigenvalue weighted by Gasteiger charge is 2.63. The van der Waals surface area contributed by atoms with Crippen LogP contribution >= 0.6 is 0 Å². The molecule has 8 heteroatoms. The van der Waals surface area contributed by atoms with E-state index >= 15 is 0 Å². The summed E-state index contributed by atoms with van der Waals surface area (Å²) in [5.74, 6) is -1.60. The molecule has 0 aromatic rings. The minimum atomic E-state index is -1.13. The van der Waals surface area contributed by atoms with Gasteiger partial charge in [0.15, 0.2) is 0 Å². The number of nitrogens with zero attached hydrogens (tertiary/aromatic N) is 1. The number of imide groups is 2. The van der Waals surface area contributed by atoms with Gasteiger partial charge in [0.1, 0.15) is 11.5 Å². The molecule has 2 rings (SSSR count). The number of nitrogens with one attached hydrogen (secondary N) is 2. The van der Waals surface area contributed by atoms with Crippen molar-refractivity contribution in [2.45, 2.75) is 25.8 Å². The molecule has 1 aliphatic heterocycles. The van der Waals surface area contributed by atoms with Crippen LogP contribution in [0.5, 0.6) is 0 Å². The van der Waals surface area contributed by atoms with Crippen LogP contribution < -0.4 is 10.6 Å². The summed E-state index contributed by atoms with van der Waals surface area (Å²) in [6, 6.07) is -1.81. The third kappa shape index (κ3) is 2.26. The largest absolute Gasteiger partial charge is 0.383 e. The van der Waals surface area contributed by atoms with Crippen molar-refractivity contribution in [1.82, 2.24) is 15.5 Å². The van der Waals surface area contributed by atoms with Gasteiger partial charge in [0.05, 0.1) is 6.61 Å². The number of carbonyl (C=O) groups is 4. The molecule has 8 nitrogen and oxygen atoms in total. The average molecular weight is 283 g/mol. The number of rotatable bonds is 5. The highest BCUT2D eigenvalue weighted by Crippen LogP contribution is 2.49. The number of urea groups is 1. The van der Waals surface area contributed by atoms with Crippen molar-refractivity contribution >= 4 is 23.8 Å². The lowest BCUT2D eigenvalue weighted by molar-refractivity contribution is -0.148. The molecule has 1 saturated heterocycles. The molecular formula is C12H17N3O5. The Balaban J connectivity index is 2.06. The number of hydrogen-bond acceptors (Lipinski definition) is 5. The first-order chi connectivity index (χ1) is 9.44. The molecule has 1 saturated carbocycles. The van der Waals surface area contributed by atoms with Crippen molar-refractivity contribution < 1.29 is 23.9 Å². The summed E-state index contributed by atoms with van der Waals surface area (Å²) >= 11 is 0. The van der Waals surface area contributed by atoms with Gasteiger partial charge in [0, 0.05) is 13.7 Å². The maximum absolute atomic E-state index is 12.2. The van der Waals surface area contributed by atoms with Crippen LogP contribution in [-0.2, 0) is 19.1 Å². The fourth-order valence-electron chi connectivity index (χ4n) is 2.16. The molecule has 0 aromatic carbocycles. The second-order valence-electron chi connectivity index (χ2n) is 4.98. The molecule has 2 N–H and O–H groups in total. The van der Waals surface area contributed by atoms with Gasteiger partial charge in [-0.05, 0) is 19.8 Å². The molecule has 1 unspecified atom stereocenters. The molecule has 1 spiro atoms.